The van der Waals surface area contributed by atoms with Crippen LogP contribution in [0.2, 0.25) is 0 Å². The van der Waals surface area contributed by atoms with Crippen molar-refractivity contribution >= 4 is 6.01 Å². The minimum atomic E-state index is 0.113. The second kappa shape index (κ2) is 5.74. The fourth-order valence-corrected chi connectivity index (χ4v) is 2.14. The van der Waals surface area contributed by atoms with Crippen molar-refractivity contribution in [2.24, 2.45) is 0 Å². The van der Waals surface area contributed by atoms with E-state index in [2.05, 4.69) is 36.0 Å². The summed E-state index contributed by atoms with van der Waals surface area (Å²) in [6, 6.07) is 0.794. The zero-order valence-corrected chi connectivity index (χ0v) is 11.8. The third-order valence-electron chi connectivity index (χ3n) is 3.22. The molecule has 4 nitrogen and oxygen atoms in total. The van der Waals surface area contributed by atoms with Gasteiger partial charge in [0.1, 0.15) is 6.26 Å². The molecule has 0 spiro atoms. The van der Waals surface area contributed by atoms with Gasteiger partial charge in [-0.3, -0.25) is 0 Å². The summed E-state index contributed by atoms with van der Waals surface area (Å²) in [5.41, 5.74) is 1.10. The minimum absolute atomic E-state index is 0.113. The Labute approximate surface area is 110 Å². The predicted octanol–water partition coefficient (Wildman–Crippen LogP) is 2.94. The second-order valence-corrected chi connectivity index (χ2v) is 6.13. The summed E-state index contributed by atoms with van der Waals surface area (Å²) in [6.07, 6.45) is 6.93. The monoisotopic (exact) mass is 251 g/mol. The first-order valence-electron chi connectivity index (χ1n) is 6.99. The highest BCUT2D eigenvalue weighted by molar-refractivity contribution is 5.27. The lowest BCUT2D eigenvalue weighted by Gasteiger charge is -2.19. The van der Waals surface area contributed by atoms with Crippen molar-refractivity contribution in [3.63, 3.8) is 0 Å². The second-order valence-electron chi connectivity index (χ2n) is 6.13. The van der Waals surface area contributed by atoms with E-state index in [-0.39, 0.29) is 5.54 Å². The van der Waals surface area contributed by atoms with Gasteiger partial charge in [-0.05, 0) is 33.6 Å². The molecule has 1 aromatic rings. The maximum absolute atomic E-state index is 5.60. The minimum Gasteiger partial charge on any atom is -0.432 e. The maximum atomic E-state index is 5.60. The van der Waals surface area contributed by atoms with Crippen LogP contribution in [-0.2, 0) is 6.54 Å². The van der Waals surface area contributed by atoms with Gasteiger partial charge in [0.05, 0.1) is 5.69 Å². The van der Waals surface area contributed by atoms with E-state index in [0.717, 1.165) is 31.3 Å². The van der Waals surface area contributed by atoms with E-state index in [0.29, 0.717) is 0 Å². The van der Waals surface area contributed by atoms with E-state index < -0.39 is 0 Å². The van der Waals surface area contributed by atoms with Gasteiger partial charge >= 0.3 is 0 Å². The molecule has 0 radical (unpaired) electrons. The summed E-state index contributed by atoms with van der Waals surface area (Å²) in [5.74, 6) is 0. The summed E-state index contributed by atoms with van der Waals surface area (Å²) >= 11 is 0. The first-order chi connectivity index (χ1) is 8.54. The van der Waals surface area contributed by atoms with E-state index in [9.17, 15) is 0 Å². The van der Waals surface area contributed by atoms with Crippen LogP contribution in [0.5, 0.6) is 0 Å². The molecule has 0 unspecified atom stereocenters. The fraction of sp³-hybridized carbons (Fsp3) is 0.786. The molecule has 18 heavy (non-hydrogen) atoms. The maximum Gasteiger partial charge on any atom is 0.297 e. The van der Waals surface area contributed by atoms with Crippen LogP contribution in [0.15, 0.2) is 10.7 Å². The van der Waals surface area contributed by atoms with Crippen molar-refractivity contribution < 1.29 is 4.42 Å². The third kappa shape index (κ3) is 4.02. The number of aromatic nitrogens is 1. The molecule has 4 heteroatoms. The molecule has 102 valence electrons. The Kier molecular flexibility index (Phi) is 4.27. The molecule has 0 atom stereocenters. The van der Waals surface area contributed by atoms with Crippen LogP contribution in [-0.4, -0.2) is 23.6 Å². The van der Waals surface area contributed by atoms with E-state index in [1.54, 1.807) is 6.26 Å². The average Bonchev–Trinajstić information content (AvgIpc) is 2.60. The number of hydrogen-bond donors (Lipinski definition) is 1. The van der Waals surface area contributed by atoms with Gasteiger partial charge in [-0.25, -0.2) is 0 Å². The summed E-state index contributed by atoms with van der Waals surface area (Å²) in [7, 11) is 0. The molecule has 0 aromatic carbocycles. The molecule has 0 bridgehead atoms. The molecular weight excluding hydrogens is 226 g/mol. The lowest BCUT2D eigenvalue weighted by Crippen LogP contribution is -2.35. The quantitative estimate of drug-likeness (QED) is 0.896. The van der Waals surface area contributed by atoms with E-state index in [1.807, 2.05) is 0 Å². The van der Waals surface area contributed by atoms with E-state index in [1.165, 1.54) is 25.7 Å². The van der Waals surface area contributed by atoms with Gasteiger partial charge in [0.15, 0.2) is 0 Å². The van der Waals surface area contributed by atoms with Crippen molar-refractivity contribution in [3.8, 4) is 0 Å². The molecule has 2 rings (SSSR count). The number of hydrogen-bond acceptors (Lipinski definition) is 4. The fourth-order valence-electron chi connectivity index (χ4n) is 2.14. The van der Waals surface area contributed by atoms with Crippen molar-refractivity contribution in [2.75, 3.05) is 18.0 Å². The summed E-state index contributed by atoms with van der Waals surface area (Å²) in [5, 5.41) is 3.43. The first kappa shape index (κ1) is 13.4. The van der Waals surface area contributed by atoms with E-state index in [4.69, 9.17) is 4.42 Å². The first-order valence-corrected chi connectivity index (χ1v) is 6.99. The highest BCUT2D eigenvalue weighted by atomic mass is 16.4. The molecule has 0 amide bonds. The Morgan fingerprint density at radius 3 is 2.50 bits per heavy atom. The Bertz CT molecular complexity index is 359. The predicted molar refractivity (Wildman–Crippen MR) is 73.8 cm³/mol. The van der Waals surface area contributed by atoms with Crippen LogP contribution in [0, 0.1) is 0 Å². The summed E-state index contributed by atoms with van der Waals surface area (Å²) in [6.45, 7) is 9.38. The van der Waals surface area contributed by atoms with Gasteiger partial charge in [0.2, 0.25) is 0 Å². The Morgan fingerprint density at radius 2 is 1.89 bits per heavy atom. The molecule has 1 aromatic heterocycles. The molecule has 1 aliphatic rings. The molecule has 1 saturated heterocycles. The SMILES string of the molecule is CC(C)(C)NCc1coc(N2CCCCCC2)n1. The molecule has 0 saturated carbocycles. The molecule has 1 N–H and O–H groups in total. The molecular formula is C14H25N3O. The standard InChI is InChI=1S/C14H25N3O/c1-14(2,3)15-10-12-11-18-13(16-12)17-8-6-4-5-7-9-17/h11,15H,4-10H2,1-3H3. The van der Waals surface area contributed by atoms with Crippen molar-refractivity contribution in [1.82, 2.24) is 10.3 Å². The largest absolute Gasteiger partial charge is 0.432 e. The summed E-state index contributed by atoms with van der Waals surface area (Å²) in [4.78, 5) is 6.85. The molecule has 1 fully saturated rings. The third-order valence-corrected chi connectivity index (χ3v) is 3.22. The topological polar surface area (TPSA) is 41.3 Å². The van der Waals surface area contributed by atoms with Crippen LogP contribution in [0.4, 0.5) is 6.01 Å². The zero-order valence-electron chi connectivity index (χ0n) is 11.8. The van der Waals surface area contributed by atoms with Crippen LogP contribution < -0.4 is 10.2 Å². The lowest BCUT2D eigenvalue weighted by atomic mass is 10.1. The van der Waals surface area contributed by atoms with Gasteiger partial charge in [-0.15, -0.1) is 0 Å². The highest BCUT2D eigenvalue weighted by Crippen LogP contribution is 2.19. The smallest absolute Gasteiger partial charge is 0.297 e. The van der Waals surface area contributed by atoms with Crippen molar-refractivity contribution in [3.05, 3.63) is 12.0 Å². The van der Waals surface area contributed by atoms with Crippen molar-refractivity contribution in [1.29, 1.82) is 0 Å². The number of nitrogens with zero attached hydrogens (tertiary/aromatic N) is 2. The number of nitrogens with one attached hydrogen (secondary N) is 1. The average molecular weight is 251 g/mol. The van der Waals surface area contributed by atoms with Gasteiger partial charge in [0.25, 0.3) is 6.01 Å². The zero-order chi connectivity index (χ0) is 13.0. The Balaban J connectivity index is 1.92. The van der Waals surface area contributed by atoms with Crippen LogP contribution in [0.1, 0.15) is 52.1 Å². The van der Waals surface area contributed by atoms with Crippen LogP contribution >= 0.6 is 0 Å². The Morgan fingerprint density at radius 1 is 1.22 bits per heavy atom. The molecule has 2 heterocycles. The number of anilines is 1. The summed E-state index contributed by atoms with van der Waals surface area (Å²) < 4.78 is 5.60. The van der Waals surface area contributed by atoms with Crippen LogP contribution in [0.3, 0.4) is 0 Å². The van der Waals surface area contributed by atoms with Gasteiger partial charge in [-0.1, -0.05) is 12.8 Å². The lowest BCUT2D eigenvalue weighted by molar-refractivity contribution is 0.421. The van der Waals surface area contributed by atoms with Gasteiger partial charge in [-0.2, -0.15) is 4.98 Å². The molecule has 0 aliphatic carbocycles. The number of oxazole rings is 1. The van der Waals surface area contributed by atoms with Crippen molar-refractivity contribution in [2.45, 2.75) is 58.5 Å². The Hall–Kier alpha value is -1.03. The van der Waals surface area contributed by atoms with E-state index >= 15 is 0 Å². The van der Waals surface area contributed by atoms with Gasteiger partial charge in [0, 0.05) is 25.2 Å². The highest BCUT2D eigenvalue weighted by Gasteiger charge is 2.16. The molecule has 1 aliphatic heterocycles. The number of rotatable bonds is 3. The van der Waals surface area contributed by atoms with Gasteiger partial charge < -0.3 is 14.6 Å². The van der Waals surface area contributed by atoms with Crippen LogP contribution in [0.25, 0.3) is 0 Å². The normalized spacial score (nSPS) is 17.8.